The second kappa shape index (κ2) is 6.70. The van der Waals surface area contributed by atoms with Crippen molar-refractivity contribution in [1.82, 2.24) is 4.98 Å². The fourth-order valence-electron chi connectivity index (χ4n) is 2.05. The predicted octanol–water partition coefficient (Wildman–Crippen LogP) is 4.05. The van der Waals surface area contributed by atoms with Gasteiger partial charge in [0.15, 0.2) is 5.13 Å². The maximum absolute atomic E-state index is 13.7. The number of nitrogens with zero attached hydrogens (tertiary/aromatic N) is 2. The van der Waals surface area contributed by atoms with E-state index in [0.29, 0.717) is 12.2 Å². The van der Waals surface area contributed by atoms with Gasteiger partial charge in [-0.25, -0.2) is 9.37 Å². The Bertz CT molecular complexity index is 544. The first-order valence-electron chi connectivity index (χ1n) is 6.84. The van der Waals surface area contributed by atoms with E-state index in [1.54, 1.807) is 17.4 Å². The average Bonchev–Trinajstić information content (AvgIpc) is 2.88. The van der Waals surface area contributed by atoms with Crippen LogP contribution in [0.5, 0.6) is 0 Å². The van der Waals surface area contributed by atoms with Gasteiger partial charge in [-0.1, -0.05) is 12.1 Å². The lowest BCUT2D eigenvalue weighted by Crippen LogP contribution is -2.21. The van der Waals surface area contributed by atoms with Gasteiger partial charge in [0.05, 0.1) is 12.2 Å². The highest BCUT2D eigenvalue weighted by atomic mass is 32.1. The van der Waals surface area contributed by atoms with Crippen LogP contribution in [0.15, 0.2) is 24.4 Å². The zero-order valence-corrected chi connectivity index (χ0v) is 12.9. The minimum atomic E-state index is -0.210. The Labute approximate surface area is 123 Å². The first-order chi connectivity index (χ1) is 9.65. The number of para-hydroxylation sites is 1. The van der Waals surface area contributed by atoms with Crippen molar-refractivity contribution in [2.24, 2.45) is 0 Å². The van der Waals surface area contributed by atoms with Gasteiger partial charge in [0, 0.05) is 24.2 Å². The van der Waals surface area contributed by atoms with Gasteiger partial charge in [-0.05, 0) is 32.4 Å². The normalized spacial score (nSPS) is 10.6. The van der Waals surface area contributed by atoms with Gasteiger partial charge in [0.1, 0.15) is 5.82 Å². The summed E-state index contributed by atoms with van der Waals surface area (Å²) in [7, 11) is 0. The van der Waals surface area contributed by atoms with Gasteiger partial charge >= 0.3 is 0 Å². The molecule has 0 saturated heterocycles. The van der Waals surface area contributed by atoms with E-state index in [1.165, 1.54) is 6.07 Å². The molecule has 5 heteroatoms. The number of aromatic nitrogens is 1. The molecular weight excluding hydrogens is 273 g/mol. The average molecular weight is 293 g/mol. The maximum atomic E-state index is 13.7. The molecule has 0 spiro atoms. The molecule has 20 heavy (non-hydrogen) atoms. The fraction of sp³-hybridized carbons (Fsp3) is 0.400. The highest BCUT2D eigenvalue weighted by Crippen LogP contribution is 2.24. The monoisotopic (exact) mass is 293 g/mol. The number of aryl methyl sites for hydroxylation is 1. The van der Waals surface area contributed by atoms with Crippen molar-refractivity contribution in [3.8, 4) is 0 Å². The Hall–Kier alpha value is -1.62. The highest BCUT2D eigenvalue weighted by Gasteiger charge is 2.09. The summed E-state index contributed by atoms with van der Waals surface area (Å²) in [6.07, 6.45) is 1.86. The Morgan fingerprint density at radius 2 is 2.05 bits per heavy atom. The third-order valence-corrected chi connectivity index (χ3v) is 4.29. The van der Waals surface area contributed by atoms with E-state index in [4.69, 9.17) is 0 Å². The van der Waals surface area contributed by atoms with Crippen LogP contribution in [-0.4, -0.2) is 18.1 Å². The van der Waals surface area contributed by atoms with E-state index in [1.807, 2.05) is 19.2 Å². The van der Waals surface area contributed by atoms with Crippen molar-refractivity contribution in [2.45, 2.75) is 27.3 Å². The van der Waals surface area contributed by atoms with Crippen LogP contribution < -0.4 is 10.2 Å². The van der Waals surface area contributed by atoms with Crippen LogP contribution in [0, 0.1) is 12.7 Å². The molecule has 0 radical (unpaired) electrons. The highest BCUT2D eigenvalue weighted by molar-refractivity contribution is 7.15. The van der Waals surface area contributed by atoms with Gasteiger partial charge in [-0.3, -0.25) is 0 Å². The maximum Gasteiger partial charge on any atom is 0.185 e. The second-order valence-corrected chi connectivity index (χ2v) is 5.66. The van der Waals surface area contributed by atoms with Gasteiger partial charge < -0.3 is 10.2 Å². The van der Waals surface area contributed by atoms with Crippen molar-refractivity contribution < 1.29 is 4.39 Å². The third kappa shape index (κ3) is 3.28. The first kappa shape index (κ1) is 14.8. The molecule has 0 bridgehead atoms. The number of nitrogens with one attached hydrogen (secondary N) is 1. The first-order valence-corrected chi connectivity index (χ1v) is 7.66. The van der Waals surface area contributed by atoms with E-state index >= 15 is 0 Å². The Morgan fingerprint density at radius 1 is 1.30 bits per heavy atom. The van der Waals surface area contributed by atoms with Gasteiger partial charge in [0.2, 0.25) is 0 Å². The summed E-state index contributed by atoms with van der Waals surface area (Å²) < 4.78 is 13.7. The van der Waals surface area contributed by atoms with Crippen molar-refractivity contribution in [3.63, 3.8) is 0 Å². The largest absolute Gasteiger partial charge is 0.378 e. The minimum absolute atomic E-state index is 0.210. The summed E-state index contributed by atoms with van der Waals surface area (Å²) in [6.45, 7) is 8.63. The van der Waals surface area contributed by atoms with Gasteiger partial charge in [0.25, 0.3) is 0 Å². The molecule has 2 aromatic rings. The molecule has 1 N–H and O–H groups in total. The van der Waals surface area contributed by atoms with Gasteiger partial charge in [-0.2, -0.15) is 0 Å². The molecule has 0 atom stereocenters. The van der Waals surface area contributed by atoms with Crippen LogP contribution in [-0.2, 0) is 6.54 Å². The fourth-order valence-corrected chi connectivity index (χ4v) is 3.03. The SMILES string of the molecule is CCN(CC)c1ncc(CNc2c(C)cccc2F)s1. The van der Waals surface area contributed by atoms with Gasteiger partial charge in [-0.15, -0.1) is 11.3 Å². The number of hydrogen-bond acceptors (Lipinski definition) is 4. The minimum Gasteiger partial charge on any atom is -0.378 e. The van der Waals surface area contributed by atoms with Crippen molar-refractivity contribution in [3.05, 3.63) is 40.7 Å². The molecule has 0 saturated carbocycles. The van der Waals surface area contributed by atoms with E-state index in [2.05, 4.69) is 29.0 Å². The summed E-state index contributed by atoms with van der Waals surface area (Å²) >= 11 is 1.65. The zero-order valence-electron chi connectivity index (χ0n) is 12.1. The quantitative estimate of drug-likeness (QED) is 0.871. The smallest absolute Gasteiger partial charge is 0.185 e. The summed E-state index contributed by atoms with van der Waals surface area (Å²) in [5, 5.41) is 4.19. The standard InChI is InChI=1S/C15H20FN3S/c1-4-19(5-2)15-18-10-12(20-15)9-17-14-11(3)7-6-8-13(14)16/h6-8,10,17H,4-5,9H2,1-3H3. The number of thiazole rings is 1. The molecule has 0 aliphatic carbocycles. The van der Waals surface area contributed by atoms with Crippen molar-refractivity contribution >= 4 is 22.2 Å². The van der Waals surface area contributed by atoms with E-state index in [0.717, 1.165) is 28.7 Å². The molecule has 2 rings (SSSR count). The number of anilines is 2. The third-order valence-electron chi connectivity index (χ3n) is 3.24. The Morgan fingerprint density at radius 3 is 2.70 bits per heavy atom. The van der Waals surface area contributed by atoms with E-state index < -0.39 is 0 Å². The molecule has 1 heterocycles. The summed E-state index contributed by atoms with van der Waals surface area (Å²) in [6, 6.07) is 5.10. The van der Waals surface area contributed by atoms with Crippen molar-refractivity contribution in [2.75, 3.05) is 23.3 Å². The number of hydrogen-bond donors (Lipinski definition) is 1. The molecule has 0 aliphatic heterocycles. The molecule has 0 fully saturated rings. The molecule has 0 unspecified atom stereocenters. The molecule has 108 valence electrons. The van der Waals surface area contributed by atoms with Crippen LogP contribution in [0.2, 0.25) is 0 Å². The van der Waals surface area contributed by atoms with E-state index in [-0.39, 0.29) is 5.82 Å². The van der Waals surface area contributed by atoms with Crippen LogP contribution in [0.4, 0.5) is 15.2 Å². The Kier molecular flexibility index (Phi) is 4.95. The molecule has 3 nitrogen and oxygen atoms in total. The summed E-state index contributed by atoms with van der Waals surface area (Å²) in [5.74, 6) is -0.210. The molecule has 1 aromatic carbocycles. The van der Waals surface area contributed by atoms with Crippen LogP contribution in [0.3, 0.4) is 0 Å². The van der Waals surface area contributed by atoms with Crippen LogP contribution in [0.25, 0.3) is 0 Å². The predicted molar refractivity (Wildman–Crippen MR) is 84.1 cm³/mol. The molecule has 0 amide bonds. The number of benzene rings is 1. The second-order valence-electron chi connectivity index (χ2n) is 4.57. The van der Waals surface area contributed by atoms with Crippen molar-refractivity contribution in [1.29, 1.82) is 0 Å². The lowest BCUT2D eigenvalue weighted by atomic mass is 10.2. The number of halogens is 1. The van der Waals surface area contributed by atoms with E-state index in [9.17, 15) is 4.39 Å². The molecule has 1 aromatic heterocycles. The lowest BCUT2D eigenvalue weighted by molar-refractivity contribution is 0.629. The zero-order chi connectivity index (χ0) is 14.5. The van der Waals surface area contributed by atoms with Crippen LogP contribution >= 0.6 is 11.3 Å². The summed E-state index contributed by atoms with van der Waals surface area (Å²) in [5.41, 5.74) is 1.49. The topological polar surface area (TPSA) is 28.2 Å². The Balaban J connectivity index is 2.05. The molecule has 0 aliphatic rings. The number of rotatable bonds is 6. The summed E-state index contributed by atoms with van der Waals surface area (Å²) in [4.78, 5) is 7.74. The molecular formula is C15H20FN3S. The van der Waals surface area contributed by atoms with Crippen LogP contribution in [0.1, 0.15) is 24.3 Å². The lowest BCUT2D eigenvalue weighted by Gasteiger charge is -2.16.